The highest BCUT2D eigenvalue weighted by molar-refractivity contribution is 6.33. The normalized spacial score (nSPS) is 15.6. The largest absolute Gasteiger partial charge is 0.379 e. The quantitative estimate of drug-likeness (QED) is 0.840. The van der Waals surface area contributed by atoms with Crippen LogP contribution in [0.15, 0.2) is 18.2 Å². The number of aliphatic hydroxyl groups is 1. The number of hydrogen-bond acceptors (Lipinski definition) is 1. The van der Waals surface area contributed by atoms with Gasteiger partial charge in [-0.25, -0.2) is 8.78 Å². The van der Waals surface area contributed by atoms with Crippen LogP contribution in [0, 0.1) is 0 Å². The van der Waals surface area contributed by atoms with Crippen LogP contribution in [0.1, 0.15) is 12.5 Å². The summed E-state index contributed by atoms with van der Waals surface area (Å²) < 4.78 is 24.9. The van der Waals surface area contributed by atoms with Gasteiger partial charge >= 0.3 is 0 Å². The van der Waals surface area contributed by atoms with Crippen molar-refractivity contribution in [1.29, 1.82) is 0 Å². The molecule has 1 aromatic carbocycles. The Hall–Kier alpha value is -0.380. The van der Waals surface area contributed by atoms with Crippen molar-refractivity contribution in [3.05, 3.63) is 33.8 Å². The summed E-state index contributed by atoms with van der Waals surface area (Å²) in [6, 6.07) is 4.07. The van der Waals surface area contributed by atoms with Gasteiger partial charge in [-0.05, 0) is 25.1 Å². The maximum absolute atomic E-state index is 12.5. The van der Waals surface area contributed by atoms with Crippen molar-refractivity contribution >= 4 is 23.2 Å². The molecule has 0 spiro atoms. The van der Waals surface area contributed by atoms with Crippen LogP contribution in [0.3, 0.4) is 0 Å². The standard InChI is InChI=1S/C9H8Cl2F2O/c1-9(14,8(12)13)6-4-5(10)2-3-7(6)11/h2-4,8,14H,1H3. The Labute approximate surface area is 90.3 Å². The van der Waals surface area contributed by atoms with Crippen LogP contribution >= 0.6 is 23.2 Å². The number of benzene rings is 1. The smallest absolute Gasteiger partial charge is 0.270 e. The molecule has 78 valence electrons. The molecule has 14 heavy (non-hydrogen) atoms. The minimum atomic E-state index is -2.92. The maximum atomic E-state index is 12.5. The lowest BCUT2D eigenvalue weighted by Gasteiger charge is -2.23. The molecule has 0 saturated carbocycles. The molecular weight excluding hydrogens is 233 g/mol. The van der Waals surface area contributed by atoms with E-state index >= 15 is 0 Å². The van der Waals surface area contributed by atoms with E-state index in [2.05, 4.69) is 0 Å². The molecule has 1 N–H and O–H groups in total. The summed E-state index contributed by atoms with van der Waals surface area (Å²) in [6.45, 7) is 0.995. The molecule has 0 aromatic heterocycles. The highest BCUT2D eigenvalue weighted by Gasteiger charge is 2.36. The summed E-state index contributed by atoms with van der Waals surface area (Å²) in [5.41, 5.74) is -2.34. The van der Waals surface area contributed by atoms with Crippen molar-refractivity contribution in [3.8, 4) is 0 Å². The first-order valence-corrected chi connectivity index (χ1v) is 4.57. The summed E-state index contributed by atoms with van der Waals surface area (Å²) in [4.78, 5) is 0. The van der Waals surface area contributed by atoms with Crippen LogP contribution in [-0.4, -0.2) is 11.5 Å². The lowest BCUT2D eigenvalue weighted by atomic mass is 9.97. The van der Waals surface area contributed by atoms with Crippen LogP contribution < -0.4 is 0 Å². The van der Waals surface area contributed by atoms with E-state index in [0.717, 1.165) is 6.92 Å². The van der Waals surface area contributed by atoms with Crippen LogP contribution in [0.2, 0.25) is 10.0 Å². The second-order valence-corrected chi connectivity index (χ2v) is 3.92. The third kappa shape index (κ3) is 2.16. The molecule has 0 heterocycles. The molecule has 0 fully saturated rings. The van der Waals surface area contributed by atoms with Gasteiger partial charge in [-0.2, -0.15) is 0 Å². The van der Waals surface area contributed by atoms with Gasteiger partial charge in [0.25, 0.3) is 6.43 Å². The maximum Gasteiger partial charge on any atom is 0.270 e. The van der Waals surface area contributed by atoms with Crippen molar-refractivity contribution in [3.63, 3.8) is 0 Å². The SMILES string of the molecule is CC(O)(c1cc(Cl)ccc1Cl)C(F)F. The zero-order valence-electron chi connectivity index (χ0n) is 7.27. The summed E-state index contributed by atoms with van der Waals surface area (Å²) in [6.07, 6.45) is -2.92. The van der Waals surface area contributed by atoms with E-state index in [0.29, 0.717) is 0 Å². The first-order chi connectivity index (χ1) is 6.35. The Morgan fingerprint density at radius 1 is 1.36 bits per heavy atom. The Bertz CT molecular complexity index is 340. The predicted molar refractivity (Wildman–Crippen MR) is 52.0 cm³/mol. The molecule has 0 bridgehead atoms. The van der Waals surface area contributed by atoms with Crippen molar-refractivity contribution in [2.24, 2.45) is 0 Å². The molecule has 1 rings (SSSR count). The Kier molecular flexibility index (Phi) is 3.35. The van der Waals surface area contributed by atoms with Crippen LogP contribution in [0.4, 0.5) is 8.78 Å². The van der Waals surface area contributed by atoms with E-state index in [-0.39, 0.29) is 15.6 Å². The van der Waals surface area contributed by atoms with Gasteiger partial charge in [0, 0.05) is 15.6 Å². The van der Waals surface area contributed by atoms with E-state index in [4.69, 9.17) is 23.2 Å². The summed E-state index contributed by atoms with van der Waals surface area (Å²) in [5.74, 6) is 0. The molecule has 0 aliphatic heterocycles. The van der Waals surface area contributed by atoms with Gasteiger partial charge in [0.05, 0.1) is 0 Å². The van der Waals surface area contributed by atoms with Crippen molar-refractivity contribution < 1.29 is 13.9 Å². The molecule has 1 aromatic rings. The highest BCUT2D eigenvalue weighted by Crippen LogP contribution is 2.34. The Balaban J connectivity index is 3.24. The van der Waals surface area contributed by atoms with Crippen LogP contribution in [0.5, 0.6) is 0 Å². The van der Waals surface area contributed by atoms with Crippen LogP contribution in [-0.2, 0) is 5.60 Å². The van der Waals surface area contributed by atoms with Gasteiger partial charge in [0.2, 0.25) is 0 Å². The van der Waals surface area contributed by atoms with Gasteiger partial charge in [-0.15, -0.1) is 0 Å². The summed E-state index contributed by atoms with van der Waals surface area (Å²) in [7, 11) is 0. The molecule has 0 amide bonds. The lowest BCUT2D eigenvalue weighted by molar-refractivity contribution is -0.0882. The van der Waals surface area contributed by atoms with E-state index in [9.17, 15) is 13.9 Å². The van der Waals surface area contributed by atoms with Gasteiger partial charge in [-0.1, -0.05) is 23.2 Å². The number of rotatable bonds is 2. The molecule has 0 radical (unpaired) electrons. The third-order valence-electron chi connectivity index (χ3n) is 1.90. The fourth-order valence-electron chi connectivity index (χ4n) is 1.00. The van der Waals surface area contributed by atoms with Gasteiger partial charge in [0.1, 0.15) is 5.60 Å². The highest BCUT2D eigenvalue weighted by atomic mass is 35.5. The number of alkyl halides is 2. The molecule has 0 saturated heterocycles. The molecule has 1 nitrogen and oxygen atoms in total. The second-order valence-electron chi connectivity index (χ2n) is 3.07. The van der Waals surface area contributed by atoms with E-state index < -0.39 is 12.0 Å². The fraction of sp³-hybridized carbons (Fsp3) is 0.333. The summed E-state index contributed by atoms with van der Waals surface area (Å²) in [5, 5.41) is 9.80. The van der Waals surface area contributed by atoms with Crippen molar-refractivity contribution in [2.45, 2.75) is 19.0 Å². The molecule has 5 heteroatoms. The second kappa shape index (κ2) is 4.01. The summed E-state index contributed by atoms with van der Waals surface area (Å²) >= 11 is 11.3. The molecule has 1 atom stereocenters. The topological polar surface area (TPSA) is 20.2 Å². The average Bonchev–Trinajstić information content (AvgIpc) is 2.08. The first kappa shape index (κ1) is 11.7. The van der Waals surface area contributed by atoms with E-state index in [1.54, 1.807) is 0 Å². The molecular formula is C9H8Cl2F2O. The molecule has 1 unspecified atom stereocenters. The predicted octanol–water partition coefficient (Wildman–Crippen LogP) is 3.47. The van der Waals surface area contributed by atoms with Crippen molar-refractivity contribution in [2.75, 3.05) is 0 Å². The minimum absolute atomic E-state index is 0.0679. The molecule has 0 aliphatic rings. The van der Waals surface area contributed by atoms with Gasteiger partial charge < -0.3 is 5.11 Å². The van der Waals surface area contributed by atoms with Gasteiger partial charge in [-0.3, -0.25) is 0 Å². The van der Waals surface area contributed by atoms with Crippen molar-refractivity contribution in [1.82, 2.24) is 0 Å². The zero-order chi connectivity index (χ0) is 10.9. The fourth-order valence-corrected chi connectivity index (χ4v) is 1.48. The average molecular weight is 241 g/mol. The third-order valence-corrected chi connectivity index (χ3v) is 2.46. The monoisotopic (exact) mass is 240 g/mol. The zero-order valence-corrected chi connectivity index (χ0v) is 8.78. The Morgan fingerprint density at radius 3 is 2.43 bits per heavy atom. The lowest BCUT2D eigenvalue weighted by Crippen LogP contribution is -2.30. The molecule has 0 aliphatic carbocycles. The minimum Gasteiger partial charge on any atom is -0.379 e. The first-order valence-electron chi connectivity index (χ1n) is 3.81. The van der Waals surface area contributed by atoms with E-state index in [1.165, 1.54) is 18.2 Å². The number of halogens is 4. The van der Waals surface area contributed by atoms with E-state index in [1.807, 2.05) is 0 Å². The Morgan fingerprint density at radius 2 is 1.93 bits per heavy atom. The van der Waals surface area contributed by atoms with Gasteiger partial charge in [0.15, 0.2) is 0 Å². The van der Waals surface area contributed by atoms with Crippen LogP contribution in [0.25, 0.3) is 0 Å². The number of hydrogen-bond donors (Lipinski definition) is 1.